The molecule has 0 radical (unpaired) electrons. The van der Waals surface area contributed by atoms with Gasteiger partial charge in [-0.25, -0.2) is 0 Å². The summed E-state index contributed by atoms with van der Waals surface area (Å²) in [5.41, 5.74) is 0. The van der Waals surface area contributed by atoms with Crippen molar-refractivity contribution in [1.82, 2.24) is 0 Å². The zero-order valence-electron chi connectivity index (χ0n) is 9.24. The Labute approximate surface area is 91.1 Å². The summed E-state index contributed by atoms with van der Waals surface area (Å²) in [7, 11) is 0. The molecule has 1 heterocycles. The first kappa shape index (κ1) is 11.1. The van der Waals surface area contributed by atoms with E-state index in [0.717, 1.165) is 38.7 Å². The van der Waals surface area contributed by atoms with Crippen LogP contribution in [0.4, 0.5) is 0 Å². The van der Waals surface area contributed by atoms with Gasteiger partial charge < -0.3 is 9.47 Å². The van der Waals surface area contributed by atoms with Crippen molar-refractivity contribution in [3.63, 3.8) is 0 Å². The van der Waals surface area contributed by atoms with Gasteiger partial charge >= 0.3 is 0 Å². The second-order valence-corrected chi connectivity index (χ2v) is 4.63. The molecule has 0 aromatic carbocycles. The smallest absolute Gasteiger partial charge is 0.157 e. The van der Waals surface area contributed by atoms with Crippen molar-refractivity contribution >= 4 is 5.78 Å². The molecule has 1 aliphatic heterocycles. The molecule has 2 fully saturated rings. The van der Waals surface area contributed by atoms with Crippen LogP contribution in [-0.2, 0) is 14.3 Å². The average Bonchev–Trinajstić information content (AvgIpc) is 2.28. The van der Waals surface area contributed by atoms with Crippen molar-refractivity contribution in [2.45, 2.75) is 51.2 Å². The normalized spacial score (nSPS) is 32.9. The maximum Gasteiger partial charge on any atom is 0.157 e. The Morgan fingerprint density at radius 1 is 1.27 bits per heavy atom. The van der Waals surface area contributed by atoms with E-state index in [4.69, 9.17) is 9.47 Å². The van der Waals surface area contributed by atoms with E-state index >= 15 is 0 Å². The third-order valence-corrected chi connectivity index (χ3v) is 3.24. The third kappa shape index (κ3) is 3.58. The van der Waals surface area contributed by atoms with Crippen LogP contribution >= 0.6 is 0 Å². The summed E-state index contributed by atoms with van der Waals surface area (Å²) in [6.07, 6.45) is 7.03. The van der Waals surface area contributed by atoms with Gasteiger partial charge in [-0.1, -0.05) is 0 Å². The van der Waals surface area contributed by atoms with E-state index in [1.807, 2.05) is 0 Å². The average molecular weight is 212 g/mol. The number of carbonyl (C=O) groups excluding carboxylic acids is 1. The molecule has 3 nitrogen and oxygen atoms in total. The van der Waals surface area contributed by atoms with Crippen LogP contribution in [0.2, 0.25) is 0 Å². The highest BCUT2D eigenvalue weighted by molar-refractivity contribution is 5.79. The van der Waals surface area contributed by atoms with Crippen LogP contribution in [0, 0.1) is 5.92 Å². The van der Waals surface area contributed by atoms with Gasteiger partial charge in [0.25, 0.3) is 0 Å². The van der Waals surface area contributed by atoms with Crippen molar-refractivity contribution in [2.24, 2.45) is 5.92 Å². The van der Waals surface area contributed by atoms with Crippen LogP contribution in [0.15, 0.2) is 0 Å². The second kappa shape index (κ2) is 5.61. The molecule has 15 heavy (non-hydrogen) atoms. The highest BCUT2D eigenvalue weighted by Crippen LogP contribution is 2.23. The molecule has 3 heteroatoms. The monoisotopic (exact) mass is 212 g/mol. The quantitative estimate of drug-likeness (QED) is 0.720. The van der Waals surface area contributed by atoms with Gasteiger partial charge in [0.1, 0.15) is 5.78 Å². The largest absolute Gasteiger partial charge is 0.353 e. The summed E-state index contributed by atoms with van der Waals surface area (Å²) in [5.74, 6) is 0.844. The second-order valence-electron chi connectivity index (χ2n) is 4.63. The molecule has 2 unspecified atom stereocenters. The molecule has 2 atom stereocenters. The van der Waals surface area contributed by atoms with E-state index in [1.54, 1.807) is 0 Å². The van der Waals surface area contributed by atoms with E-state index in [9.17, 15) is 4.79 Å². The van der Waals surface area contributed by atoms with Crippen LogP contribution in [-0.4, -0.2) is 25.3 Å². The molecule has 1 aliphatic carbocycles. The maximum atomic E-state index is 11.2. The first-order valence-electron chi connectivity index (χ1n) is 6.09. The number of ether oxygens (including phenoxy) is 2. The first-order valence-corrected chi connectivity index (χ1v) is 6.09. The Kier molecular flexibility index (Phi) is 4.15. The van der Waals surface area contributed by atoms with E-state index in [0.29, 0.717) is 24.7 Å². The Morgan fingerprint density at radius 3 is 2.93 bits per heavy atom. The fourth-order valence-electron chi connectivity index (χ4n) is 2.34. The number of hydrogen-bond acceptors (Lipinski definition) is 3. The zero-order chi connectivity index (χ0) is 10.5. The molecule has 2 aliphatic rings. The van der Waals surface area contributed by atoms with Gasteiger partial charge in [0.15, 0.2) is 6.29 Å². The van der Waals surface area contributed by atoms with Crippen molar-refractivity contribution in [2.75, 3.05) is 13.2 Å². The van der Waals surface area contributed by atoms with Gasteiger partial charge in [-0.05, 0) is 38.0 Å². The highest BCUT2D eigenvalue weighted by Gasteiger charge is 2.22. The molecule has 1 saturated carbocycles. The van der Waals surface area contributed by atoms with Gasteiger partial charge in [-0.2, -0.15) is 0 Å². The van der Waals surface area contributed by atoms with Crippen LogP contribution in [0.1, 0.15) is 44.9 Å². The molecule has 86 valence electrons. The van der Waals surface area contributed by atoms with Crippen molar-refractivity contribution in [1.29, 1.82) is 0 Å². The van der Waals surface area contributed by atoms with Crippen molar-refractivity contribution < 1.29 is 14.3 Å². The molecule has 0 bridgehead atoms. The van der Waals surface area contributed by atoms with Gasteiger partial charge in [0.2, 0.25) is 0 Å². The van der Waals surface area contributed by atoms with E-state index in [-0.39, 0.29) is 6.29 Å². The minimum Gasteiger partial charge on any atom is -0.353 e. The molecule has 0 N–H and O–H groups in total. The topological polar surface area (TPSA) is 35.5 Å². The summed E-state index contributed by atoms with van der Waals surface area (Å²) in [6, 6.07) is 0. The molecular weight excluding hydrogens is 192 g/mol. The molecule has 0 aromatic heterocycles. The fourth-order valence-corrected chi connectivity index (χ4v) is 2.34. The molecule has 0 aromatic rings. The maximum absolute atomic E-state index is 11.2. The number of rotatable bonds is 3. The molecule has 2 rings (SSSR count). The Morgan fingerprint density at radius 2 is 2.20 bits per heavy atom. The van der Waals surface area contributed by atoms with Gasteiger partial charge in [-0.3, -0.25) is 4.79 Å². The SMILES string of the molecule is O=C1CCCC(COC2CCCCO2)C1. The molecule has 1 saturated heterocycles. The number of hydrogen-bond donors (Lipinski definition) is 0. The lowest BCUT2D eigenvalue weighted by molar-refractivity contribution is -0.171. The minimum absolute atomic E-state index is 0.00391. The predicted molar refractivity (Wildman–Crippen MR) is 56.5 cm³/mol. The molecular formula is C12H20O3. The van der Waals surface area contributed by atoms with E-state index in [1.165, 1.54) is 6.42 Å². The molecule has 0 amide bonds. The van der Waals surface area contributed by atoms with Crippen LogP contribution in [0.5, 0.6) is 0 Å². The van der Waals surface area contributed by atoms with E-state index < -0.39 is 0 Å². The van der Waals surface area contributed by atoms with Gasteiger partial charge in [0, 0.05) is 19.4 Å². The Bertz CT molecular complexity index is 209. The first-order chi connectivity index (χ1) is 7.34. The number of carbonyl (C=O) groups is 1. The number of Topliss-reactive ketones (excluding diaryl/α,β-unsaturated/α-hetero) is 1. The summed E-state index contributed by atoms with van der Waals surface area (Å²) < 4.78 is 11.2. The fraction of sp³-hybridized carbons (Fsp3) is 0.917. The summed E-state index contributed by atoms with van der Waals surface area (Å²) in [4.78, 5) is 11.2. The summed E-state index contributed by atoms with van der Waals surface area (Å²) >= 11 is 0. The lowest BCUT2D eigenvalue weighted by atomic mass is 9.89. The highest BCUT2D eigenvalue weighted by atomic mass is 16.7. The zero-order valence-corrected chi connectivity index (χ0v) is 9.24. The van der Waals surface area contributed by atoms with Gasteiger partial charge in [-0.15, -0.1) is 0 Å². The molecule has 0 spiro atoms. The lowest BCUT2D eigenvalue weighted by Crippen LogP contribution is -2.27. The third-order valence-electron chi connectivity index (χ3n) is 3.24. The Balaban J connectivity index is 1.65. The van der Waals surface area contributed by atoms with Crippen LogP contribution in [0.25, 0.3) is 0 Å². The summed E-state index contributed by atoms with van der Waals surface area (Å²) in [6.45, 7) is 1.53. The minimum atomic E-state index is -0.00391. The van der Waals surface area contributed by atoms with Gasteiger partial charge in [0.05, 0.1) is 6.61 Å². The van der Waals surface area contributed by atoms with Crippen LogP contribution < -0.4 is 0 Å². The van der Waals surface area contributed by atoms with E-state index in [2.05, 4.69) is 0 Å². The summed E-state index contributed by atoms with van der Waals surface area (Å²) in [5, 5.41) is 0. The van der Waals surface area contributed by atoms with Crippen LogP contribution in [0.3, 0.4) is 0 Å². The van der Waals surface area contributed by atoms with Crippen molar-refractivity contribution in [3.8, 4) is 0 Å². The Hall–Kier alpha value is -0.410. The standard InChI is InChI=1S/C12H20O3/c13-11-5-3-4-10(8-11)9-15-12-6-1-2-7-14-12/h10,12H,1-9H2. The lowest BCUT2D eigenvalue weighted by Gasteiger charge is -2.26. The number of ketones is 1. The predicted octanol–water partition coefficient (Wildman–Crippen LogP) is 2.29. The van der Waals surface area contributed by atoms with Crippen molar-refractivity contribution in [3.05, 3.63) is 0 Å².